The van der Waals surface area contributed by atoms with Crippen LogP contribution < -0.4 is 10.6 Å². The highest BCUT2D eigenvalue weighted by molar-refractivity contribution is 7.99. The summed E-state index contributed by atoms with van der Waals surface area (Å²) in [6, 6.07) is 18.9. The molecule has 7 nitrogen and oxygen atoms in total. The molecule has 2 N–H and O–H groups in total. The number of benzene rings is 3. The van der Waals surface area contributed by atoms with Crippen LogP contribution in [0.25, 0.3) is 10.8 Å². The third-order valence-electron chi connectivity index (χ3n) is 5.28. The van der Waals surface area contributed by atoms with Crippen molar-refractivity contribution in [2.75, 3.05) is 11.1 Å². The molecule has 2 amide bonds. The lowest BCUT2D eigenvalue weighted by Crippen LogP contribution is -2.29. The topological polar surface area (TPSA) is 88.9 Å². The second-order valence-corrected chi connectivity index (χ2v) is 8.76. The summed E-state index contributed by atoms with van der Waals surface area (Å²) >= 11 is 1.23. The number of halogens is 1. The number of rotatable bonds is 9. The maximum absolute atomic E-state index is 14.0. The van der Waals surface area contributed by atoms with Gasteiger partial charge in [0.2, 0.25) is 5.91 Å². The fourth-order valence-electron chi connectivity index (χ4n) is 3.61. The van der Waals surface area contributed by atoms with E-state index in [1.807, 2.05) is 42.5 Å². The summed E-state index contributed by atoms with van der Waals surface area (Å²) in [5.74, 6) is -0.725. The SMILES string of the molecule is C=CCn1c(SCC(=O)Nc2ccc3ccccc3c2)nnc1[C@H](C)NC(=O)c1ccccc1F. The summed E-state index contributed by atoms with van der Waals surface area (Å²) in [5, 5.41) is 16.7. The first-order chi connectivity index (χ1) is 17.0. The van der Waals surface area contributed by atoms with E-state index < -0.39 is 17.8 Å². The van der Waals surface area contributed by atoms with Crippen LogP contribution in [0, 0.1) is 5.82 Å². The maximum atomic E-state index is 14.0. The molecule has 0 unspecified atom stereocenters. The van der Waals surface area contributed by atoms with Gasteiger partial charge in [0.05, 0.1) is 17.4 Å². The maximum Gasteiger partial charge on any atom is 0.254 e. The van der Waals surface area contributed by atoms with Crippen LogP contribution in [-0.2, 0) is 11.3 Å². The van der Waals surface area contributed by atoms with E-state index in [2.05, 4.69) is 27.4 Å². The monoisotopic (exact) mass is 489 g/mol. The number of hydrogen-bond donors (Lipinski definition) is 2. The molecule has 9 heteroatoms. The molecule has 0 saturated carbocycles. The van der Waals surface area contributed by atoms with Crippen LogP contribution in [0.3, 0.4) is 0 Å². The van der Waals surface area contributed by atoms with Crippen LogP contribution in [0.5, 0.6) is 0 Å². The average Bonchev–Trinajstić information content (AvgIpc) is 3.26. The summed E-state index contributed by atoms with van der Waals surface area (Å²) in [5.41, 5.74) is 0.668. The van der Waals surface area contributed by atoms with Gasteiger partial charge in [0.15, 0.2) is 11.0 Å². The fourth-order valence-corrected chi connectivity index (χ4v) is 4.36. The quantitative estimate of drug-likeness (QED) is 0.256. The van der Waals surface area contributed by atoms with Crippen molar-refractivity contribution in [2.24, 2.45) is 0 Å². The van der Waals surface area contributed by atoms with Gasteiger partial charge in [-0.25, -0.2) is 4.39 Å². The minimum atomic E-state index is -0.599. The van der Waals surface area contributed by atoms with Crippen molar-refractivity contribution in [1.29, 1.82) is 0 Å². The standard InChI is InChI=1S/C26H24FN5O2S/c1-3-14-32-24(17(2)28-25(34)21-10-6-7-11-22(21)27)30-31-26(32)35-16-23(33)29-20-13-12-18-8-4-5-9-19(18)15-20/h3-13,15,17H,1,14,16H2,2H3,(H,28,34)(H,29,33)/t17-/m0/s1. The Balaban J connectivity index is 1.42. The summed E-state index contributed by atoms with van der Waals surface area (Å²) < 4.78 is 15.7. The van der Waals surface area contributed by atoms with Crippen molar-refractivity contribution in [1.82, 2.24) is 20.1 Å². The van der Waals surface area contributed by atoms with Gasteiger partial charge in [-0.1, -0.05) is 60.3 Å². The first-order valence-electron chi connectivity index (χ1n) is 11.0. The van der Waals surface area contributed by atoms with Gasteiger partial charge < -0.3 is 15.2 Å². The zero-order valence-electron chi connectivity index (χ0n) is 19.1. The summed E-state index contributed by atoms with van der Waals surface area (Å²) in [4.78, 5) is 25.1. The van der Waals surface area contributed by atoms with E-state index in [1.54, 1.807) is 23.6 Å². The Bertz CT molecular complexity index is 1390. The second kappa shape index (κ2) is 11.0. The van der Waals surface area contributed by atoms with E-state index in [0.717, 1.165) is 10.8 Å². The average molecular weight is 490 g/mol. The molecule has 3 aromatic carbocycles. The highest BCUT2D eigenvalue weighted by atomic mass is 32.2. The summed E-state index contributed by atoms with van der Waals surface area (Å²) in [6.07, 6.45) is 1.68. The number of fused-ring (bicyclic) bond motifs is 1. The Morgan fingerprint density at radius 3 is 2.60 bits per heavy atom. The molecule has 178 valence electrons. The Hall–Kier alpha value is -3.98. The Morgan fingerprint density at radius 1 is 1.09 bits per heavy atom. The number of anilines is 1. The lowest BCUT2D eigenvalue weighted by atomic mass is 10.1. The van der Waals surface area contributed by atoms with Crippen molar-refractivity contribution in [2.45, 2.75) is 24.7 Å². The van der Waals surface area contributed by atoms with Crippen LogP contribution >= 0.6 is 11.8 Å². The first kappa shape index (κ1) is 24.2. The number of nitrogens with one attached hydrogen (secondary N) is 2. The van der Waals surface area contributed by atoms with E-state index >= 15 is 0 Å². The minimum Gasteiger partial charge on any atom is -0.342 e. The third-order valence-corrected chi connectivity index (χ3v) is 6.24. The van der Waals surface area contributed by atoms with Crippen molar-refractivity contribution < 1.29 is 14.0 Å². The van der Waals surface area contributed by atoms with E-state index in [0.29, 0.717) is 23.2 Å². The van der Waals surface area contributed by atoms with Crippen LogP contribution in [0.2, 0.25) is 0 Å². The van der Waals surface area contributed by atoms with Gasteiger partial charge in [-0.3, -0.25) is 9.59 Å². The zero-order valence-corrected chi connectivity index (χ0v) is 19.9. The van der Waals surface area contributed by atoms with Gasteiger partial charge in [-0.05, 0) is 42.0 Å². The molecule has 0 radical (unpaired) electrons. The summed E-state index contributed by atoms with van der Waals surface area (Å²) in [6.45, 7) is 5.90. The molecule has 1 aromatic heterocycles. The molecule has 4 rings (SSSR count). The van der Waals surface area contributed by atoms with Crippen molar-refractivity contribution in [3.8, 4) is 0 Å². The molecule has 0 aliphatic rings. The van der Waals surface area contributed by atoms with Crippen LogP contribution in [-0.4, -0.2) is 32.3 Å². The van der Waals surface area contributed by atoms with Crippen LogP contribution in [0.4, 0.5) is 10.1 Å². The second-order valence-electron chi connectivity index (χ2n) is 7.81. The molecular weight excluding hydrogens is 465 g/mol. The van der Waals surface area contributed by atoms with Crippen LogP contribution in [0.1, 0.15) is 29.1 Å². The normalized spacial score (nSPS) is 11.7. The van der Waals surface area contributed by atoms with Gasteiger partial charge in [0.25, 0.3) is 5.91 Å². The molecule has 4 aromatic rings. The van der Waals surface area contributed by atoms with Crippen molar-refractivity contribution in [3.05, 3.63) is 96.6 Å². The van der Waals surface area contributed by atoms with Gasteiger partial charge in [0.1, 0.15) is 5.82 Å². The number of allylic oxidation sites excluding steroid dienone is 1. The number of carbonyl (C=O) groups is 2. The molecule has 0 spiro atoms. The number of amides is 2. The van der Waals surface area contributed by atoms with Crippen molar-refractivity contribution >= 4 is 40.0 Å². The first-order valence-corrected chi connectivity index (χ1v) is 12.0. The smallest absolute Gasteiger partial charge is 0.254 e. The molecule has 0 aliphatic carbocycles. The predicted octanol–water partition coefficient (Wildman–Crippen LogP) is 4.98. The van der Waals surface area contributed by atoms with E-state index in [1.165, 1.54) is 30.0 Å². The number of nitrogens with zero attached hydrogens (tertiary/aromatic N) is 3. The molecule has 35 heavy (non-hydrogen) atoms. The molecular formula is C26H24FN5O2S. The third kappa shape index (κ3) is 5.75. The fraction of sp³-hybridized carbons (Fsp3) is 0.154. The van der Waals surface area contributed by atoms with E-state index in [-0.39, 0.29) is 17.2 Å². The van der Waals surface area contributed by atoms with Gasteiger partial charge in [-0.2, -0.15) is 0 Å². The predicted molar refractivity (Wildman–Crippen MR) is 136 cm³/mol. The zero-order chi connectivity index (χ0) is 24.8. The number of carbonyl (C=O) groups excluding carboxylic acids is 2. The highest BCUT2D eigenvalue weighted by Gasteiger charge is 2.21. The summed E-state index contributed by atoms with van der Waals surface area (Å²) in [7, 11) is 0. The lowest BCUT2D eigenvalue weighted by Gasteiger charge is -2.15. The molecule has 0 fully saturated rings. The highest BCUT2D eigenvalue weighted by Crippen LogP contribution is 2.23. The minimum absolute atomic E-state index is 0.0471. The molecule has 0 aliphatic heterocycles. The van der Waals surface area contributed by atoms with E-state index in [4.69, 9.17) is 0 Å². The van der Waals surface area contributed by atoms with Gasteiger partial charge >= 0.3 is 0 Å². The Labute approximate surface area is 206 Å². The molecule has 0 bridgehead atoms. The Morgan fingerprint density at radius 2 is 1.83 bits per heavy atom. The molecule has 1 atom stereocenters. The van der Waals surface area contributed by atoms with Crippen molar-refractivity contribution in [3.63, 3.8) is 0 Å². The van der Waals surface area contributed by atoms with Crippen LogP contribution in [0.15, 0.2) is 84.5 Å². The number of hydrogen-bond acceptors (Lipinski definition) is 5. The number of thioether (sulfide) groups is 1. The lowest BCUT2D eigenvalue weighted by molar-refractivity contribution is -0.113. The largest absolute Gasteiger partial charge is 0.342 e. The van der Waals surface area contributed by atoms with Gasteiger partial charge in [-0.15, -0.1) is 16.8 Å². The van der Waals surface area contributed by atoms with E-state index in [9.17, 15) is 14.0 Å². The molecule has 1 heterocycles. The molecule has 0 saturated heterocycles. The Kier molecular flexibility index (Phi) is 7.57. The number of aromatic nitrogens is 3. The van der Waals surface area contributed by atoms with Gasteiger partial charge in [0, 0.05) is 12.2 Å².